The number of methoxy groups -OCH3 is 2. The Labute approximate surface area is 116 Å². The Balaban J connectivity index is 2.45. The maximum atomic E-state index is 12.5. The zero-order chi connectivity index (χ0) is 14.0. The number of benzene rings is 1. The summed E-state index contributed by atoms with van der Waals surface area (Å²) in [6.45, 7) is 3.88. The van der Waals surface area contributed by atoms with Gasteiger partial charge in [-0.1, -0.05) is 0 Å². The fourth-order valence-electron chi connectivity index (χ4n) is 2.16. The molecular formula is C15H16O3S. The SMILES string of the molecule is COc1ccsc1C(=O)c1cc(C)c(OC)c(C)c1. The molecule has 3 nitrogen and oxygen atoms in total. The standard InChI is InChI=1S/C15H16O3S/c1-9-7-11(8-10(2)14(9)18-4)13(16)15-12(17-3)5-6-19-15/h5-8H,1-4H3. The van der Waals surface area contributed by atoms with E-state index in [1.165, 1.54) is 11.3 Å². The van der Waals surface area contributed by atoms with Crippen LogP contribution in [0.25, 0.3) is 0 Å². The summed E-state index contributed by atoms with van der Waals surface area (Å²) in [5.41, 5.74) is 2.58. The minimum atomic E-state index is -0.0132. The van der Waals surface area contributed by atoms with Crippen molar-refractivity contribution in [3.63, 3.8) is 0 Å². The highest BCUT2D eigenvalue weighted by atomic mass is 32.1. The molecule has 0 saturated carbocycles. The van der Waals surface area contributed by atoms with Crippen LogP contribution < -0.4 is 9.47 Å². The molecule has 0 aliphatic heterocycles. The van der Waals surface area contributed by atoms with Crippen LogP contribution in [-0.2, 0) is 0 Å². The van der Waals surface area contributed by atoms with Crippen LogP contribution in [0.4, 0.5) is 0 Å². The van der Waals surface area contributed by atoms with Crippen LogP contribution in [-0.4, -0.2) is 20.0 Å². The van der Waals surface area contributed by atoms with Crippen LogP contribution in [0.3, 0.4) is 0 Å². The van der Waals surface area contributed by atoms with Gasteiger partial charge in [-0.2, -0.15) is 0 Å². The molecule has 100 valence electrons. The largest absolute Gasteiger partial charge is 0.496 e. The first-order valence-electron chi connectivity index (χ1n) is 5.90. The number of hydrogen-bond donors (Lipinski definition) is 0. The summed E-state index contributed by atoms with van der Waals surface area (Å²) >= 11 is 1.39. The minimum Gasteiger partial charge on any atom is -0.496 e. The van der Waals surface area contributed by atoms with E-state index in [2.05, 4.69) is 0 Å². The van der Waals surface area contributed by atoms with Gasteiger partial charge in [-0.05, 0) is 48.6 Å². The van der Waals surface area contributed by atoms with Crippen molar-refractivity contribution in [3.05, 3.63) is 45.1 Å². The first kappa shape index (κ1) is 13.6. The Morgan fingerprint density at radius 3 is 2.26 bits per heavy atom. The molecule has 0 bridgehead atoms. The zero-order valence-electron chi connectivity index (χ0n) is 11.4. The Kier molecular flexibility index (Phi) is 3.90. The summed E-state index contributed by atoms with van der Waals surface area (Å²) in [6, 6.07) is 5.52. The summed E-state index contributed by atoms with van der Waals surface area (Å²) < 4.78 is 10.5. The summed E-state index contributed by atoms with van der Waals surface area (Å²) in [7, 11) is 3.21. The van der Waals surface area contributed by atoms with Crippen LogP contribution in [0.1, 0.15) is 26.4 Å². The van der Waals surface area contributed by atoms with E-state index in [1.54, 1.807) is 20.3 Å². The topological polar surface area (TPSA) is 35.5 Å². The number of hydrogen-bond acceptors (Lipinski definition) is 4. The van der Waals surface area contributed by atoms with Crippen LogP contribution in [0, 0.1) is 13.8 Å². The molecule has 0 amide bonds. The predicted octanol–water partition coefficient (Wildman–Crippen LogP) is 3.61. The lowest BCUT2D eigenvalue weighted by molar-refractivity contribution is 0.103. The van der Waals surface area contributed by atoms with Gasteiger partial charge in [0.1, 0.15) is 16.4 Å². The smallest absolute Gasteiger partial charge is 0.206 e. The predicted molar refractivity (Wildman–Crippen MR) is 76.8 cm³/mol. The summed E-state index contributed by atoms with van der Waals surface area (Å²) in [4.78, 5) is 13.1. The third-order valence-corrected chi connectivity index (χ3v) is 3.88. The van der Waals surface area contributed by atoms with Crippen LogP contribution in [0.5, 0.6) is 11.5 Å². The van der Waals surface area contributed by atoms with Gasteiger partial charge in [0, 0.05) is 5.56 Å². The molecule has 1 aromatic carbocycles. The lowest BCUT2D eigenvalue weighted by Crippen LogP contribution is -2.03. The van der Waals surface area contributed by atoms with E-state index in [4.69, 9.17) is 9.47 Å². The Morgan fingerprint density at radius 2 is 1.74 bits per heavy atom. The molecule has 2 aromatic rings. The number of ether oxygens (including phenoxy) is 2. The molecule has 19 heavy (non-hydrogen) atoms. The molecular weight excluding hydrogens is 260 g/mol. The van der Waals surface area contributed by atoms with E-state index >= 15 is 0 Å². The number of thiophene rings is 1. The zero-order valence-corrected chi connectivity index (χ0v) is 12.3. The molecule has 0 spiro atoms. The summed E-state index contributed by atoms with van der Waals surface area (Å²) in [5.74, 6) is 1.44. The molecule has 1 heterocycles. The van der Waals surface area contributed by atoms with Crippen LogP contribution in [0.2, 0.25) is 0 Å². The van der Waals surface area contributed by atoms with Gasteiger partial charge in [0.05, 0.1) is 14.2 Å². The number of aryl methyl sites for hydroxylation is 2. The highest BCUT2D eigenvalue weighted by Gasteiger charge is 2.18. The van der Waals surface area contributed by atoms with E-state index in [0.717, 1.165) is 16.9 Å². The van der Waals surface area contributed by atoms with Crippen molar-refractivity contribution in [2.75, 3.05) is 14.2 Å². The van der Waals surface area contributed by atoms with Gasteiger partial charge in [-0.25, -0.2) is 0 Å². The van der Waals surface area contributed by atoms with E-state index < -0.39 is 0 Å². The average molecular weight is 276 g/mol. The molecule has 0 saturated heterocycles. The van der Waals surface area contributed by atoms with Gasteiger partial charge in [0.25, 0.3) is 0 Å². The van der Waals surface area contributed by atoms with E-state index in [0.29, 0.717) is 16.2 Å². The average Bonchev–Trinajstić information content (AvgIpc) is 2.85. The van der Waals surface area contributed by atoms with Gasteiger partial charge >= 0.3 is 0 Å². The van der Waals surface area contributed by atoms with Crippen molar-refractivity contribution in [1.82, 2.24) is 0 Å². The normalized spacial score (nSPS) is 10.3. The molecule has 0 fully saturated rings. The summed E-state index contributed by atoms with van der Waals surface area (Å²) in [5, 5.41) is 1.86. The Hall–Kier alpha value is -1.81. The number of rotatable bonds is 4. The van der Waals surface area contributed by atoms with Crippen LogP contribution >= 0.6 is 11.3 Å². The third kappa shape index (κ3) is 2.49. The third-order valence-electron chi connectivity index (χ3n) is 2.98. The van der Waals surface area contributed by atoms with Crippen molar-refractivity contribution in [2.24, 2.45) is 0 Å². The first-order chi connectivity index (χ1) is 9.08. The molecule has 0 N–H and O–H groups in total. The van der Waals surface area contributed by atoms with Gasteiger partial charge in [0.2, 0.25) is 5.78 Å². The van der Waals surface area contributed by atoms with Crippen molar-refractivity contribution in [1.29, 1.82) is 0 Å². The molecule has 0 atom stereocenters. The lowest BCUT2D eigenvalue weighted by atomic mass is 10.0. The van der Waals surface area contributed by atoms with Crippen molar-refractivity contribution in [3.8, 4) is 11.5 Å². The fourth-order valence-corrected chi connectivity index (χ4v) is 2.98. The molecule has 2 rings (SSSR count). The quantitative estimate of drug-likeness (QED) is 0.800. The second kappa shape index (κ2) is 5.45. The van der Waals surface area contributed by atoms with Crippen LogP contribution in [0.15, 0.2) is 23.6 Å². The Morgan fingerprint density at radius 1 is 1.11 bits per heavy atom. The molecule has 1 aromatic heterocycles. The fraction of sp³-hybridized carbons (Fsp3) is 0.267. The van der Waals surface area contributed by atoms with Gasteiger partial charge in [-0.15, -0.1) is 11.3 Å². The number of carbonyl (C=O) groups excluding carboxylic acids is 1. The molecule has 0 aliphatic carbocycles. The van der Waals surface area contributed by atoms with E-state index in [9.17, 15) is 4.79 Å². The highest BCUT2D eigenvalue weighted by Crippen LogP contribution is 2.30. The Bertz CT molecular complexity index is 591. The molecule has 0 aliphatic rings. The number of ketones is 1. The van der Waals surface area contributed by atoms with E-state index in [1.807, 2.05) is 31.4 Å². The first-order valence-corrected chi connectivity index (χ1v) is 6.78. The summed E-state index contributed by atoms with van der Waals surface area (Å²) in [6.07, 6.45) is 0. The maximum Gasteiger partial charge on any atom is 0.206 e. The molecule has 0 unspecified atom stereocenters. The minimum absolute atomic E-state index is 0.0132. The number of carbonyl (C=O) groups is 1. The maximum absolute atomic E-state index is 12.5. The lowest BCUT2D eigenvalue weighted by Gasteiger charge is -2.10. The van der Waals surface area contributed by atoms with E-state index in [-0.39, 0.29) is 5.78 Å². The van der Waals surface area contributed by atoms with Gasteiger partial charge in [0.15, 0.2) is 0 Å². The highest BCUT2D eigenvalue weighted by molar-refractivity contribution is 7.12. The second-order valence-corrected chi connectivity index (χ2v) is 5.21. The van der Waals surface area contributed by atoms with Crippen molar-refractivity contribution in [2.45, 2.75) is 13.8 Å². The second-order valence-electron chi connectivity index (χ2n) is 4.29. The molecule has 4 heteroatoms. The van der Waals surface area contributed by atoms with Gasteiger partial charge in [-0.3, -0.25) is 4.79 Å². The monoisotopic (exact) mass is 276 g/mol. The molecule has 0 radical (unpaired) electrons. The van der Waals surface area contributed by atoms with Crippen molar-refractivity contribution >= 4 is 17.1 Å². The van der Waals surface area contributed by atoms with Crippen molar-refractivity contribution < 1.29 is 14.3 Å². The van der Waals surface area contributed by atoms with Gasteiger partial charge < -0.3 is 9.47 Å².